The second kappa shape index (κ2) is 19.3. The second-order valence-corrected chi connectivity index (χ2v) is 9.71. The standard InChI is InChI=1S/C29H38N6O8/c36-16-8-6-14-30-24(38)19-33-29(43)22(17-21-9-3-1-4-10-21)34-26(40)20-32-25(39)18-31-23(37)11-5-2-7-15-35-27(41)12-13-28(35)42/h1,3-4,9-10,12-13,16,22H,2,5-8,11,14-15,17-20H2,(H,30,38)(H,31,37)(H,32,39)(H,33,43)(H,34,40). The summed E-state index contributed by atoms with van der Waals surface area (Å²) < 4.78 is 0. The summed E-state index contributed by atoms with van der Waals surface area (Å²) in [6.07, 6.45) is 5.95. The molecule has 2 rings (SSSR count). The van der Waals surface area contributed by atoms with Gasteiger partial charge >= 0.3 is 0 Å². The highest BCUT2D eigenvalue weighted by molar-refractivity contribution is 6.12. The first-order chi connectivity index (χ1) is 20.7. The number of carbonyl (C=O) groups excluding carboxylic acids is 8. The lowest BCUT2D eigenvalue weighted by Crippen LogP contribution is -2.52. The maximum atomic E-state index is 12.8. The van der Waals surface area contributed by atoms with Crippen molar-refractivity contribution in [1.82, 2.24) is 31.5 Å². The fraction of sp³-hybridized carbons (Fsp3) is 0.448. The first kappa shape index (κ1) is 34.3. The van der Waals surface area contributed by atoms with E-state index >= 15 is 0 Å². The molecule has 1 unspecified atom stereocenters. The number of imide groups is 1. The Balaban J connectivity index is 1.69. The van der Waals surface area contributed by atoms with Crippen LogP contribution in [0.5, 0.6) is 0 Å². The van der Waals surface area contributed by atoms with Crippen LogP contribution in [0.1, 0.15) is 44.1 Å². The molecule has 0 aromatic heterocycles. The maximum absolute atomic E-state index is 12.8. The number of hydrogen-bond acceptors (Lipinski definition) is 8. The van der Waals surface area contributed by atoms with Crippen molar-refractivity contribution in [2.75, 3.05) is 32.7 Å². The van der Waals surface area contributed by atoms with Crippen molar-refractivity contribution < 1.29 is 38.4 Å². The number of aldehydes is 1. The number of carbonyl (C=O) groups is 8. The molecule has 43 heavy (non-hydrogen) atoms. The van der Waals surface area contributed by atoms with Crippen LogP contribution in [0, 0.1) is 0 Å². The largest absolute Gasteiger partial charge is 0.355 e. The highest BCUT2D eigenvalue weighted by atomic mass is 16.2. The van der Waals surface area contributed by atoms with E-state index in [4.69, 9.17) is 0 Å². The van der Waals surface area contributed by atoms with Crippen molar-refractivity contribution in [1.29, 1.82) is 0 Å². The molecule has 0 radical (unpaired) electrons. The monoisotopic (exact) mass is 598 g/mol. The van der Waals surface area contributed by atoms with Crippen molar-refractivity contribution in [3.05, 3.63) is 48.0 Å². The highest BCUT2D eigenvalue weighted by Crippen LogP contribution is 2.08. The van der Waals surface area contributed by atoms with E-state index in [2.05, 4.69) is 26.6 Å². The maximum Gasteiger partial charge on any atom is 0.253 e. The minimum Gasteiger partial charge on any atom is -0.355 e. The lowest BCUT2D eigenvalue weighted by Gasteiger charge is -2.19. The van der Waals surface area contributed by atoms with Gasteiger partial charge in [-0.15, -0.1) is 0 Å². The van der Waals surface area contributed by atoms with E-state index in [1.165, 1.54) is 12.2 Å². The van der Waals surface area contributed by atoms with Gasteiger partial charge in [0.2, 0.25) is 29.5 Å². The lowest BCUT2D eigenvalue weighted by atomic mass is 10.1. The number of rotatable bonds is 20. The van der Waals surface area contributed by atoms with Gasteiger partial charge in [-0.2, -0.15) is 0 Å². The van der Waals surface area contributed by atoms with Gasteiger partial charge in [0.1, 0.15) is 12.3 Å². The second-order valence-electron chi connectivity index (χ2n) is 9.71. The van der Waals surface area contributed by atoms with Crippen LogP contribution in [0.25, 0.3) is 0 Å². The van der Waals surface area contributed by atoms with Gasteiger partial charge in [0.05, 0.1) is 19.6 Å². The Hall–Kier alpha value is -4.88. The number of benzene rings is 1. The van der Waals surface area contributed by atoms with Crippen molar-refractivity contribution in [2.24, 2.45) is 0 Å². The van der Waals surface area contributed by atoms with Gasteiger partial charge in [-0.25, -0.2) is 0 Å². The van der Waals surface area contributed by atoms with Gasteiger partial charge in [-0.3, -0.25) is 38.5 Å². The van der Waals surface area contributed by atoms with Gasteiger partial charge in [-0.1, -0.05) is 36.8 Å². The Bertz CT molecular complexity index is 1170. The molecule has 0 aliphatic carbocycles. The summed E-state index contributed by atoms with van der Waals surface area (Å²) in [6.45, 7) is -0.519. The SMILES string of the molecule is O=CCCCNC(=O)CNC(=O)C(Cc1ccccc1)NC(=O)CNC(=O)CNC(=O)CCCCCN1C(=O)C=CC1=O. The quantitative estimate of drug-likeness (QED) is 0.0688. The molecule has 1 aromatic carbocycles. The number of nitrogens with zero attached hydrogens (tertiary/aromatic N) is 1. The lowest BCUT2D eigenvalue weighted by molar-refractivity contribution is -0.137. The fourth-order valence-electron chi connectivity index (χ4n) is 3.96. The molecule has 14 heteroatoms. The molecule has 1 aromatic rings. The predicted octanol–water partition coefficient (Wildman–Crippen LogP) is -1.36. The summed E-state index contributed by atoms with van der Waals surface area (Å²) in [5.74, 6) is -3.32. The minimum atomic E-state index is -1.02. The fourth-order valence-corrected chi connectivity index (χ4v) is 3.96. The number of hydrogen-bond donors (Lipinski definition) is 5. The third-order valence-electron chi connectivity index (χ3n) is 6.26. The molecule has 5 N–H and O–H groups in total. The Kier molecular flexibility index (Phi) is 15.4. The molecule has 14 nitrogen and oxygen atoms in total. The molecule has 1 heterocycles. The van der Waals surface area contributed by atoms with E-state index in [1.54, 1.807) is 30.3 Å². The molecule has 7 amide bonds. The zero-order chi connectivity index (χ0) is 31.5. The molecular formula is C29H38N6O8. The van der Waals surface area contributed by atoms with Crippen LogP contribution in [0.15, 0.2) is 42.5 Å². The van der Waals surface area contributed by atoms with Gasteiger partial charge < -0.3 is 31.4 Å². The van der Waals surface area contributed by atoms with Crippen molar-refractivity contribution in [2.45, 2.75) is 51.0 Å². The average molecular weight is 599 g/mol. The van der Waals surface area contributed by atoms with Crippen LogP contribution < -0.4 is 26.6 Å². The van der Waals surface area contributed by atoms with E-state index in [9.17, 15) is 38.4 Å². The molecule has 1 aliphatic rings. The average Bonchev–Trinajstić information content (AvgIpc) is 3.32. The van der Waals surface area contributed by atoms with Crippen LogP contribution in [-0.4, -0.2) is 91.3 Å². The van der Waals surface area contributed by atoms with Gasteiger partial charge in [0.25, 0.3) is 11.8 Å². The summed E-state index contributed by atoms with van der Waals surface area (Å²) in [6, 6.07) is 7.91. The van der Waals surface area contributed by atoms with Crippen LogP contribution in [-0.2, 0) is 44.8 Å². The van der Waals surface area contributed by atoms with Gasteiger partial charge in [0, 0.05) is 44.5 Å². The molecule has 232 valence electrons. The van der Waals surface area contributed by atoms with Crippen LogP contribution in [0.4, 0.5) is 0 Å². The van der Waals surface area contributed by atoms with Gasteiger partial charge in [0.15, 0.2) is 0 Å². The van der Waals surface area contributed by atoms with E-state index < -0.39 is 36.2 Å². The van der Waals surface area contributed by atoms with Crippen molar-refractivity contribution in [3.8, 4) is 0 Å². The Morgan fingerprint density at radius 3 is 2.05 bits per heavy atom. The number of nitrogens with one attached hydrogen (secondary N) is 5. The summed E-state index contributed by atoms with van der Waals surface area (Å²) in [7, 11) is 0. The van der Waals surface area contributed by atoms with Gasteiger partial charge in [-0.05, 0) is 24.8 Å². The first-order valence-electron chi connectivity index (χ1n) is 14.1. The summed E-state index contributed by atoms with van der Waals surface area (Å²) >= 11 is 0. The zero-order valence-corrected chi connectivity index (χ0v) is 23.9. The minimum absolute atomic E-state index is 0.144. The molecule has 0 saturated carbocycles. The normalized spacial score (nSPS) is 12.8. The highest BCUT2D eigenvalue weighted by Gasteiger charge is 2.23. The molecule has 1 aliphatic heterocycles. The first-order valence-corrected chi connectivity index (χ1v) is 14.1. The van der Waals surface area contributed by atoms with Crippen LogP contribution >= 0.6 is 0 Å². The topological polar surface area (TPSA) is 200 Å². The summed E-state index contributed by atoms with van der Waals surface area (Å²) in [4.78, 5) is 95.9. The van der Waals surface area contributed by atoms with Crippen molar-refractivity contribution >= 4 is 47.6 Å². The summed E-state index contributed by atoms with van der Waals surface area (Å²) in [5, 5.41) is 12.5. The number of amides is 7. The Morgan fingerprint density at radius 2 is 1.35 bits per heavy atom. The molecule has 0 bridgehead atoms. The van der Waals surface area contributed by atoms with E-state index in [-0.39, 0.29) is 50.2 Å². The van der Waals surface area contributed by atoms with E-state index in [1.807, 2.05) is 0 Å². The Morgan fingerprint density at radius 1 is 0.721 bits per heavy atom. The third kappa shape index (κ3) is 14.0. The number of unbranched alkanes of at least 4 members (excludes halogenated alkanes) is 3. The zero-order valence-electron chi connectivity index (χ0n) is 23.9. The Labute approximate surface area is 249 Å². The smallest absolute Gasteiger partial charge is 0.253 e. The molecular weight excluding hydrogens is 560 g/mol. The molecule has 0 saturated heterocycles. The molecule has 1 atom stereocenters. The predicted molar refractivity (Wildman–Crippen MR) is 154 cm³/mol. The van der Waals surface area contributed by atoms with Crippen LogP contribution in [0.2, 0.25) is 0 Å². The van der Waals surface area contributed by atoms with E-state index in [0.29, 0.717) is 38.6 Å². The molecule has 0 spiro atoms. The van der Waals surface area contributed by atoms with Crippen molar-refractivity contribution in [3.63, 3.8) is 0 Å². The summed E-state index contributed by atoms with van der Waals surface area (Å²) in [5.41, 5.74) is 0.767. The molecule has 0 fully saturated rings. The van der Waals surface area contributed by atoms with E-state index in [0.717, 1.165) is 16.7 Å². The third-order valence-corrected chi connectivity index (χ3v) is 6.26. The van der Waals surface area contributed by atoms with Crippen LogP contribution in [0.3, 0.4) is 0 Å².